The Morgan fingerprint density at radius 2 is 1.70 bits per heavy atom. The van der Waals surface area contributed by atoms with Crippen molar-refractivity contribution in [3.8, 4) is 28.8 Å². The molecule has 16 nitrogen and oxygen atoms in total. The van der Waals surface area contributed by atoms with E-state index in [0.29, 0.717) is 53.2 Å². The first-order chi connectivity index (χ1) is 30.3. The molecule has 2 aliphatic heterocycles. The molecule has 0 N–H and O–H groups in total. The molecule has 0 radical (unpaired) electrons. The number of piperazine rings is 1. The molecule has 4 aromatic heterocycles. The second kappa shape index (κ2) is 15.6. The molecule has 2 saturated heterocycles. The van der Waals surface area contributed by atoms with E-state index in [-0.39, 0.29) is 58.6 Å². The van der Waals surface area contributed by atoms with Gasteiger partial charge in [0.2, 0.25) is 0 Å². The van der Waals surface area contributed by atoms with Gasteiger partial charge in [-0.1, -0.05) is 30.3 Å². The van der Waals surface area contributed by atoms with Crippen LogP contribution in [0, 0.1) is 5.82 Å². The third kappa shape index (κ3) is 7.87. The third-order valence-electron chi connectivity index (χ3n) is 11.6. The van der Waals surface area contributed by atoms with Gasteiger partial charge in [0, 0.05) is 62.7 Å². The first kappa shape index (κ1) is 40.4. The number of amides is 1. The Hall–Kier alpha value is -6.69. The third-order valence-corrected chi connectivity index (χ3v) is 13.1. The summed E-state index contributed by atoms with van der Waals surface area (Å²) in [6.45, 7) is 6.65. The van der Waals surface area contributed by atoms with E-state index in [1.54, 1.807) is 36.7 Å². The lowest BCUT2D eigenvalue weighted by Gasteiger charge is -2.42. The molecule has 63 heavy (non-hydrogen) atoms. The van der Waals surface area contributed by atoms with E-state index in [0.717, 1.165) is 41.0 Å². The fraction of sp³-hybridized carbons (Fsp3) is 0.356. The Labute approximate surface area is 362 Å². The molecule has 1 saturated carbocycles. The second-order valence-electron chi connectivity index (χ2n) is 17.3. The Kier molecular flexibility index (Phi) is 9.99. The Morgan fingerprint density at radius 3 is 2.44 bits per heavy atom. The van der Waals surface area contributed by atoms with Gasteiger partial charge in [-0.15, -0.1) is 9.19 Å². The van der Waals surface area contributed by atoms with Crippen LogP contribution in [0.1, 0.15) is 64.0 Å². The quantitative estimate of drug-likeness (QED) is 0.126. The van der Waals surface area contributed by atoms with E-state index >= 15 is 4.39 Å². The minimum Gasteiger partial charge on any atom is -0.463 e. The number of benzene rings is 3. The Balaban J connectivity index is 1.01. The molecule has 3 fully saturated rings. The summed E-state index contributed by atoms with van der Waals surface area (Å²) in [4.78, 5) is 40.0. The highest BCUT2D eigenvalue weighted by molar-refractivity contribution is 7.89. The fourth-order valence-electron chi connectivity index (χ4n) is 8.46. The van der Waals surface area contributed by atoms with Gasteiger partial charge in [-0.3, -0.25) is 9.88 Å². The SMILES string of the molecule is Cn1ccnc1CCOc1nc(N2C[C@H]3CC[C@@H](C2)N3C(=O)OC(C)(C)C)c2cnc(-c3cc(Oc4cccc(S(=O)(=O)n5cnc(C6CC6)n5)c4)cc4ccccc34)c(F)c2n1. The Morgan fingerprint density at radius 1 is 0.905 bits per heavy atom. The van der Waals surface area contributed by atoms with Gasteiger partial charge >= 0.3 is 12.1 Å². The molecule has 3 aromatic carbocycles. The smallest absolute Gasteiger partial charge is 0.410 e. The molecule has 2 bridgehead atoms. The number of anilines is 1. The largest absolute Gasteiger partial charge is 0.463 e. The summed E-state index contributed by atoms with van der Waals surface area (Å²) in [6, 6.07) is 16.8. The van der Waals surface area contributed by atoms with Gasteiger partial charge < -0.3 is 23.7 Å². The molecular weight excluding hydrogens is 828 g/mol. The highest BCUT2D eigenvalue weighted by atomic mass is 32.2. The van der Waals surface area contributed by atoms with Crippen LogP contribution in [0.5, 0.6) is 17.5 Å². The number of fused-ring (bicyclic) bond motifs is 4. The molecule has 18 heteroatoms. The molecule has 324 valence electrons. The van der Waals surface area contributed by atoms with Crippen LogP contribution in [0.4, 0.5) is 15.0 Å². The van der Waals surface area contributed by atoms with Crippen LogP contribution in [0.25, 0.3) is 32.9 Å². The fourth-order valence-corrected chi connectivity index (χ4v) is 9.55. The highest BCUT2D eigenvalue weighted by Crippen LogP contribution is 2.41. The van der Waals surface area contributed by atoms with Crippen LogP contribution in [0.15, 0.2) is 90.5 Å². The molecule has 1 amide bonds. The average molecular weight is 873 g/mol. The molecule has 1 aliphatic carbocycles. The van der Waals surface area contributed by atoms with E-state index in [2.05, 4.69) is 25.0 Å². The first-order valence-electron chi connectivity index (χ1n) is 21.0. The van der Waals surface area contributed by atoms with Crippen LogP contribution in [-0.4, -0.2) is 95.5 Å². The maximum absolute atomic E-state index is 17.4. The van der Waals surface area contributed by atoms with Crippen LogP contribution in [-0.2, 0) is 28.2 Å². The van der Waals surface area contributed by atoms with E-state index in [1.807, 2.05) is 67.7 Å². The van der Waals surface area contributed by atoms with Gasteiger partial charge in [-0.25, -0.2) is 19.2 Å². The average Bonchev–Trinajstić information content (AvgIpc) is 3.71. The minimum absolute atomic E-state index is 0.00360. The van der Waals surface area contributed by atoms with E-state index < -0.39 is 21.4 Å². The number of aromatic nitrogens is 8. The standard InChI is InChI=1S/C45H45FN10O6S/c1-45(2,3)62-44(57)56-29-14-15-30(56)25-54(24-29)42-36-23-48-39(38(46)40(36)50-43(51-42)60-19-16-37-47-17-18-53(37)4)35-22-32(20-28-8-5-6-11-34(28)35)61-31-9-7-10-33(21-31)63(58,59)55-26-49-41(52-55)27-12-13-27/h5-11,17-18,20-23,26-27,29-30H,12-16,19,24-25H2,1-4H3/t29-,30+. The number of rotatable bonds is 11. The summed E-state index contributed by atoms with van der Waals surface area (Å²) in [6.07, 6.45) is 9.96. The molecule has 0 unspecified atom stereocenters. The van der Waals surface area contributed by atoms with Gasteiger partial charge in [-0.05, 0) is 81.5 Å². The summed E-state index contributed by atoms with van der Waals surface area (Å²) in [5.74, 6) is 1.86. The summed E-state index contributed by atoms with van der Waals surface area (Å²) in [5, 5.41) is 6.07. The van der Waals surface area contributed by atoms with Gasteiger partial charge in [0.1, 0.15) is 46.3 Å². The second-order valence-corrected chi connectivity index (χ2v) is 19.1. The molecule has 3 aliphatic rings. The molecule has 6 heterocycles. The number of aryl methyl sites for hydroxylation is 1. The first-order valence-corrected chi connectivity index (χ1v) is 22.4. The number of carbonyl (C=O) groups is 1. The summed E-state index contributed by atoms with van der Waals surface area (Å²) < 4.78 is 65.6. The minimum atomic E-state index is -4.05. The maximum Gasteiger partial charge on any atom is 0.410 e. The van der Waals surface area contributed by atoms with Crippen molar-refractivity contribution in [3.63, 3.8) is 0 Å². The van der Waals surface area contributed by atoms with Gasteiger partial charge in [0.05, 0.1) is 29.0 Å². The van der Waals surface area contributed by atoms with Crippen molar-refractivity contribution in [1.82, 2.24) is 43.6 Å². The summed E-state index contributed by atoms with van der Waals surface area (Å²) >= 11 is 0. The van der Waals surface area contributed by atoms with Gasteiger partial charge in [0.15, 0.2) is 11.6 Å². The molecule has 7 aromatic rings. The van der Waals surface area contributed by atoms with E-state index in [1.165, 1.54) is 18.5 Å². The topological polar surface area (TPSA) is 173 Å². The number of carbonyl (C=O) groups excluding carboxylic acids is 1. The van der Waals surface area contributed by atoms with E-state index in [9.17, 15) is 13.2 Å². The number of halogens is 1. The number of imidazole rings is 1. The van der Waals surface area contributed by atoms with Crippen LogP contribution in [0.3, 0.4) is 0 Å². The normalized spacial score (nSPS) is 17.7. The zero-order chi connectivity index (χ0) is 43.6. The van der Waals surface area contributed by atoms with Crippen molar-refractivity contribution in [2.75, 3.05) is 24.6 Å². The van der Waals surface area contributed by atoms with E-state index in [4.69, 9.17) is 24.2 Å². The van der Waals surface area contributed by atoms with Crippen molar-refractivity contribution < 1.29 is 31.8 Å². The zero-order valence-corrected chi connectivity index (χ0v) is 36.0. The van der Waals surface area contributed by atoms with Crippen molar-refractivity contribution in [2.45, 2.75) is 81.4 Å². The number of ether oxygens (including phenoxy) is 3. The van der Waals surface area contributed by atoms with Crippen LogP contribution in [0.2, 0.25) is 0 Å². The summed E-state index contributed by atoms with van der Waals surface area (Å²) in [7, 11) is -2.15. The number of pyridine rings is 1. The zero-order valence-electron chi connectivity index (χ0n) is 35.2. The molecular formula is C45H45FN10O6S. The van der Waals surface area contributed by atoms with Gasteiger partial charge in [-0.2, -0.15) is 18.4 Å². The lowest BCUT2D eigenvalue weighted by atomic mass is 10.00. The van der Waals surface area contributed by atoms with Crippen LogP contribution >= 0.6 is 0 Å². The molecule has 2 atom stereocenters. The Bertz CT molecular complexity index is 3000. The molecule has 0 spiro atoms. The van der Waals surface area contributed by atoms with Crippen LogP contribution < -0.4 is 14.4 Å². The predicted molar refractivity (Wildman–Crippen MR) is 231 cm³/mol. The number of nitrogens with zero attached hydrogens (tertiary/aromatic N) is 10. The predicted octanol–water partition coefficient (Wildman–Crippen LogP) is 7.43. The maximum atomic E-state index is 17.4. The summed E-state index contributed by atoms with van der Waals surface area (Å²) in [5.41, 5.74) is -0.160. The van der Waals surface area contributed by atoms with Gasteiger partial charge in [0.25, 0.3) is 10.0 Å². The van der Waals surface area contributed by atoms with Crippen molar-refractivity contribution in [3.05, 3.63) is 103 Å². The lowest BCUT2D eigenvalue weighted by molar-refractivity contribution is 0.0122. The lowest BCUT2D eigenvalue weighted by Crippen LogP contribution is -2.57. The van der Waals surface area contributed by atoms with Crippen molar-refractivity contribution >= 4 is 43.6 Å². The molecule has 10 rings (SSSR count). The highest BCUT2D eigenvalue weighted by Gasteiger charge is 2.45. The number of hydrogen-bond donors (Lipinski definition) is 0. The number of hydrogen-bond acceptors (Lipinski definition) is 13. The monoisotopic (exact) mass is 872 g/mol. The van der Waals surface area contributed by atoms with Crippen molar-refractivity contribution in [1.29, 1.82) is 0 Å². The van der Waals surface area contributed by atoms with Crippen molar-refractivity contribution in [2.24, 2.45) is 7.05 Å².